The number of hydrogen-bond acceptors (Lipinski definition) is 3. The molecule has 0 aromatic carbocycles. The summed E-state index contributed by atoms with van der Waals surface area (Å²) in [6, 6.07) is 0. The molecule has 4 heteroatoms. The Bertz CT molecular complexity index is 72.7. The minimum atomic E-state index is -3.50. The van der Waals surface area contributed by atoms with E-state index < -0.39 is 13.7 Å². The average Bonchev–Trinajstić information content (AvgIpc) is 0.811. The fraction of sp³-hybridized carbons (Fsp3) is 0. The molecular weight excluding hydrogens is 104 g/mol. The molecule has 0 aliphatic rings. The van der Waals surface area contributed by atoms with Gasteiger partial charge in [-0.05, 0) is 0 Å². The van der Waals surface area contributed by atoms with Crippen molar-refractivity contribution < 1.29 is 25.2 Å². The van der Waals surface area contributed by atoms with E-state index in [1.165, 1.54) is 0 Å². The molecule has 0 saturated heterocycles. The molecular formula is FeO3-4. The van der Waals surface area contributed by atoms with Crippen molar-refractivity contribution in [3.63, 3.8) is 0 Å². The third-order valence-electron chi connectivity index (χ3n) is 0. The maximum atomic E-state index is 8.50. The molecule has 0 N–H and O–H groups in total. The van der Waals surface area contributed by atoms with E-state index in [0.29, 0.717) is 0 Å². The van der Waals surface area contributed by atoms with Crippen LogP contribution in [0.25, 0.3) is 0 Å². The fourth-order valence-electron chi connectivity index (χ4n) is 0. The summed E-state index contributed by atoms with van der Waals surface area (Å²) in [4.78, 5) is 0. The van der Waals surface area contributed by atoms with E-state index in [0.717, 1.165) is 0 Å². The van der Waals surface area contributed by atoms with Crippen LogP contribution < -0.4 is 0 Å². The Balaban J connectivity index is 4.65. The summed E-state index contributed by atoms with van der Waals surface area (Å²) in [5, 5.41) is 0. The first-order chi connectivity index (χ1) is 1.73. The summed E-state index contributed by atoms with van der Waals surface area (Å²) in [5.41, 5.74) is 0. The molecule has 0 heterocycles. The monoisotopic (exact) mass is 104 g/mol. The van der Waals surface area contributed by atoms with Gasteiger partial charge in [-0.15, -0.1) is 0 Å². The second kappa shape index (κ2) is 1.26. The first-order valence-corrected chi connectivity index (χ1v) is 1.79. The Morgan fingerprint density at radius 3 is 1.00 bits per heavy atom. The van der Waals surface area contributed by atoms with Crippen molar-refractivity contribution in [1.29, 1.82) is 0 Å². The van der Waals surface area contributed by atoms with Crippen LogP contribution in [0.4, 0.5) is 0 Å². The zero-order valence-corrected chi connectivity index (χ0v) is 2.68. The molecule has 0 rings (SSSR count). The van der Waals surface area contributed by atoms with Crippen molar-refractivity contribution >= 4 is 0 Å². The van der Waals surface area contributed by atoms with E-state index in [4.69, 9.17) is 11.5 Å². The minimum absolute atomic E-state index is 3.50. The van der Waals surface area contributed by atoms with E-state index in [2.05, 4.69) is 0 Å². The summed E-state index contributed by atoms with van der Waals surface area (Å²) >= 11 is -3.50. The molecule has 0 aliphatic heterocycles. The molecule has 0 amide bonds. The Morgan fingerprint density at radius 2 is 1.00 bits per heavy atom. The Labute approximate surface area is 26.1 Å². The first kappa shape index (κ1) is 3.92. The van der Waals surface area contributed by atoms with Crippen molar-refractivity contribution in [3.05, 3.63) is 0 Å². The van der Waals surface area contributed by atoms with Gasteiger partial charge in [-0.1, -0.05) is 0 Å². The average molecular weight is 104 g/mol. The van der Waals surface area contributed by atoms with Crippen molar-refractivity contribution in [1.82, 2.24) is 0 Å². The van der Waals surface area contributed by atoms with Crippen LogP contribution in [0.2, 0.25) is 0 Å². The molecule has 0 bridgehead atoms. The standard InChI is InChI=1S/Fe.3O/q-4;;;. The third-order valence-corrected chi connectivity index (χ3v) is 0. The zero-order chi connectivity index (χ0) is 3.58. The van der Waals surface area contributed by atoms with Crippen LogP contribution in [0.15, 0.2) is 0 Å². The van der Waals surface area contributed by atoms with Crippen LogP contribution in [0.5, 0.6) is 0 Å². The van der Waals surface area contributed by atoms with Gasteiger partial charge in [0.2, 0.25) is 0 Å². The van der Waals surface area contributed by atoms with Gasteiger partial charge >= 0.3 is 25.2 Å². The van der Waals surface area contributed by atoms with Gasteiger partial charge in [0.05, 0.1) is 0 Å². The zero-order valence-electron chi connectivity index (χ0n) is 1.58. The fourth-order valence-corrected chi connectivity index (χ4v) is 0. The Kier molecular flexibility index (Phi) is 1.24. The van der Waals surface area contributed by atoms with Gasteiger partial charge in [0.15, 0.2) is 0 Å². The van der Waals surface area contributed by atoms with Crippen LogP contribution in [0.3, 0.4) is 0 Å². The molecule has 0 fully saturated rings. The molecule has 0 unspecified atom stereocenters. The number of hydrogen-bond donors (Lipinski definition) is 0. The van der Waals surface area contributed by atoms with E-state index in [9.17, 15) is 0 Å². The van der Waals surface area contributed by atoms with Gasteiger partial charge in [0.25, 0.3) is 0 Å². The van der Waals surface area contributed by atoms with E-state index in [1.807, 2.05) is 0 Å². The van der Waals surface area contributed by atoms with Crippen LogP contribution in [0, 0.1) is 0 Å². The molecule has 0 spiro atoms. The first-order valence-electron chi connectivity index (χ1n) is 0.433. The number of rotatable bonds is 0. The summed E-state index contributed by atoms with van der Waals surface area (Å²) in [6.07, 6.45) is 0. The van der Waals surface area contributed by atoms with Crippen molar-refractivity contribution in [3.8, 4) is 0 Å². The maximum absolute atomic E-state index is 8.50. The molecule has 0 saturated carbocycles. The van der Waals surface area contributed by atoms with Gasteiger partial charge in [-0.3, -0.25) is 0 Å². The molecule has 0 aromatic heterocycles. The molecule has 0 aliphatic carbocycles. The summed E-state index contributed by atoms with van der Waals surface area (Å²) in [5.74, 6) is 0. The summed E-state index contributed by atoms with van der Waals surface area (Å²) < 4.78 is 25.5. The predicted octanol–water partition coefficient (Wildman–Crippen LogP) is -0.359. The van der Waals surface area contributed by atoms with E-state index >= 15 is 0 Å². The molecule has 0 aromatic rings. The molecule has 0 atom stereocenters. The summed E-state index contributed by atoms with van der Waals surface area (Å²) in [7, 11) is 0. The van der Waals surface area contributed by atoms with Gasteiger partial charge in [-0.25, -0.2) is 0 Å². The predicted molar refractivity (Wildman–Crippen MR) is 2.06 cm³/mol. The van der Waals surface area contributed by atoms with Gasteiger partial charge < -0.3 is 0 Å². The van der Waals surface area contributed by atoms with Gasteiger partial charge in [0.1, 0.15) is 0 Å². The van der Waals surface area contributed by atoms with Gasteiger partial charge in [-0.2, -0.15) is 0 Å². The molecule has 3 nitrogen and oxygen atoms in total. The summed E-state index contributed by atoms with van der Waals surface area (Å²) in [6.45, 7) is 0. The third kappa shape index (κ3) is 250. The SMILES string of the molecule is [O]=[Fe-4](=[O])=[O]. The second-order valence-corrected chi connectivity index (χ2v) is 0.729. The normalized spacial score (nSPS) is 10.5. The Hall–Kier alpha value is -0.0805. The van der Waals surface area contributed by atoms with Crippen LogP contribution in [-0.4, -0.2) is 0 Å². The molecule has 4 heavy (non-hydrogen) atoms. The van der Waals surface area contributed by atoms with Crippen LogP contribution in [-0.2, 0) is 25.2 Å². The van der Waals surface area contributed by atoms with Crippen LogP contribution in [0.1, 0.15) is 0 Å². The Morgan fingerprint density at radius 1 is 1.00 bits per heavy atom. The molecule has 0 radical (unpaired) electrons. The van der Waals surface area contributed by atoms with Crippen molar-refractivity contribution in [2.75, 3.05) is 0 Å². The molecule has 30 valence electrons. The quantitative estimate of drug-likeness (QED) is 0.394. The van der Waals surface area contributed by atoms with Crippen LogP contribution >= 0.6 is 0 Å². The second-order valence-electron chi connectivity index (χ2n) is 0.177. The van der Waals surface area contributed by atoms with Crippen molar-refractivity contribution in [2.45, 2.75) is 0 Å². The van der Waals surface area contributed by atoms with Crippen molar-refractivity contribution in [2.24, 2.45) is 0 Å². The topological polar surface area (TPSA) is 51.2 Å². The van der Waals surface area contributed by atoms with E-state index in [1.54, 1.807) is 0 Å². The van der Waals surface area contributed by atoms with E-state index in [-0.39, 0.29) is 0 Å². The van der Waals surface area contributed by atoms with Gasteiger partial charge in [0, 0.05) is 0 Å².